The van der Waals surface area contributed by atoms with Crippen molar-refractivity contribution in [3.8, 4) is 5.75 Å². The van der Waals surface area contributed by atoms with Crippen molar-refractivity contribution in [3.05, 3.63) is 64.7 Å². The van der Waals surface area contributed by atoms with Crippen molar-refractivity contribution in [1.82, 2.24) is 0 Å². The Labute approximate surface area is 121 Å². The number of aliphatic hydroxyl groups excluding tert-OH is 1. The third-order valence-corrected chi connectivity index (χ3v) is 3.47. The van der Waals surface area contributed by atoms with Crippen LogP contribution in [0.5, 0.6) is 5.75 Å². The van der Waals surface area contributed by atoms with Crippen molar-refractivity contribution >= 4 is 0 Å². The molecule has 2 aromatic carbocycles. The number of aliphatic hydroxyl groups is 1. The maximum atomic E-state index is 10.4. The molecule has 0 heterocycles. The van der Waals surface area contributed by atoms with Gasteiger partial charge in [0.1, 0.15) is 5.75 Å². The van der Waals surface area contributed by atoms with E-state index in [2.05, 4.69) is 32.0 Å². The minimum absolute atomic E-state index is 0.504. The third-order valence-electron chi connectivity index (χ3n) is 3.47. The standard InChI is InChI=1S/C18H22O2/c1-4-20-17-7-5-6-15(11-17)18(19)12-16-10-13(2)8-9-14(16)3/h5-11,18-19H,4,12H2,1-3H3. The second-order valence-electron chi connectivity index (χ2n) is 5.16. The van der Waals surface area contributed by atoms with Crippen LogP contribution < -0.4 is 4.74 Å². The van der Waals surface area contributed by atoms with Crippen LogP contribution in [0.25, 0.3) is 0 Å². The lowest BCUT2D eigenvalue weighted by molar-refractivity contribution is 0.177. The SMILES string of the molecule is CCOc1cccc(C(O)Cc2cc(C)ccc2C)c1. The van der Waals surface area contributed by atoms with Crippen LogP contribution in [0.2, 0.25) is 0 Å². The molecule has 0 saturated heterocycles. The highest BCUT2D eigenvalue weighted by Crippen LogP contribution is 2.24. The minimum atomic E-state index is -0.504. The normalized spacial score (nSPS) is 12.2. The second-order valence-corrected chi connectivity index (χ2v) is 5.16. The van der Waals surface area contributed by atoms with E-state index in [4.69, 9.17) is 4.74 Å². The Morgan fingerprint density at radius 3 is 2.65 bits per heavy atom. The summed E-state index contributed by atoms with van der Waals surface area (Å²) >= 11 is 0. The topological polar surface area (TPSA) is 29.5 Å². The van der Waals surface area contributed by atoms with Crippen molar-refractivity contribution in [1.29, 1.82) is 0 Å². The summed E-state index contributed by atoms with van der Waals surface area (Å²) in [5.41, 5.74) is 4.53. The van der Waals surface area contributed by atoms with Crippen LogP contribution in [0.1, 0.15) is 35.3 Å². The van der Waals surface area contributed by atoms with Gasteiger partial charge in [-0.15, -0.1) is 0 Å². The van der Waals surface area contributed by atoms with Gasteiger partial charge in [-0.1, -0.05) is 35.9 Å². The van der Waals surface area contributed by atoms with Gasteiger partial charge in [-0.2, -0.15) is 0 Å². The Morgan fingerprint density at radius 2 is 1.90 bits per heavy atom. The maximum Gasteiger partial charge on any atom is 0.119 e. The molecule has 0 aliphatic carbocycles. The van der Waals surface area contributed by atoms with Gasteiger partial charge in [0.25, 0.3) is 0 Å². The average molecular weight is 270 g/mol. The fourth-order valence-corrected chi connectivity index (χ4v) is 2.32. The first kappa shape index (κ1) is 14.6. The van der Waals surface area contributed by atoms with E-state index in [0.29, 0.717) is 13.0 Å². The Hall–Kier alpha value is -1.80. The molecule has 0 bridgehead atoms. The lowest BCUT2D eigenvalue weighted by Gasteiger charge is -2.14. The molecule has 2 nitrogen and oxygen atoms in total. The molecule has 0 saturated carbocycles. The van der Waals surface area contributed by atoms with E-state index in [1.807, 2.05) is 31.2 Å². The highest BCUT2D eigenvalue weighted by atomic mass is 16.5. The lowest BCUT2D eigenvalue weighted by Crippen LogP contribution is -2.04. The zero-order valence-corrected chi connectivity index (χ0v) is 12.4. The Bertz CT molecular complexity index is 575. The van der Waals surface area contributed by atoms with Gasteiger partial charge in [-0.25, -0.2) is 0 Å². The number of benzene rings is 2. The van der Waals surface area contributed by atoms with E-state index < -0.39 is 6.10 Å². The van der Waals surface area contributed by atoms with E-state index >= 15 is 0 Å². The van der Waals surface area contributed by atoms with Gasteiger partial charge in [0.2, 0.25) is 0 Å². The van der Waals surface area contributed by atoms with E-state index in [1.165, 1.54) is 16.7 Å². The summed E-state index contributed by atoms with van der Waals surface area (Å²) in [7, 11) is 0. The summed E-state index contributed by atoms with van der Waals surface area (Å²) in [5.74, 6) is 0.810. The van der Waals surface area contributed by atoms with Gasteiger partial charge in [0.05, 0.1) is 12.7 Å². The summed E-state index contributed by atoms with van der Waals surface area (Å²) in [5, 5.41) is 10.4. The molecule has 1 N–H and O–H groups in total. The lowest BCUT2D eigenvalue weighted by atomic mass is 9.96. The molecule has 2 rings (SSSR count). The van der Waals surface area contributed by atoms with Gasteiger partial charge in [0.15, 0.2) is 0 Å². The van der Waals surface area contributed by atoms with Crippen LogP contribution in [0.15, 0.2) is 42.5 Å². The van der Waals surface area contributed by atoms with Gasteiger partial charge in [0, 0.05) is 6.42 Å². The molecule has 0 fully saturated rings. The van der Waals surface area contributed by atoms with E-state index in [0.717, 1.165) is 11.3 Å². The molecule has 2 aromatic rings. The Morgan fingerprint density at radius 1 is 1.10 bits per heavy atom. The number of hydrogen-bond acceptors (Lipinski definition) is 2. The average Bonchev–Trinajstić information content (AvgIpc) is 2.43. The van der Waals surface area contributed by atoms with E-state index in [9.17, 15) is 5.11 Å². The quantitative estimate of drug-likeness (QED) is 0.890. The Kier molecular flexibility index (Phi) is 4.80. The van der Waals surface area contributed by atoms with Gasteiger partial charge >= 0.3 is 0 Å². The third kappa shape index (κ3) is 3.61. The number of aryl methyl sites for hydroxylation is 2. The van der Waals surface area contributed by atoms with Crippen LogP contribution in [0.3, 0.4) is 0 Å². The van der Waals surface area contributed by atoms with Gasteiger partial charge in [-0.3, -0.25) is 0 Å². The van der Waals surface area contributed by atoms with E-state index in [-0.39, 0.29) is 0 Å². The molecule has 1 unspecified atom stereocenters. The monoisotopic (exact) mass is 270 g/mol. The summed E-state index contributed by atoms with van der Waals surface area (Å²) in [6.45, 7) is 6.75. The predicted octanol–water partition coefficient (Wildman–Crippen LogP) is 3.98. The van der Waals surface area contributed by atoms with Crippen molar-refractivity contribution in [3.63, 3.8) is 0 Å². The molecular weight excluding hydrogens is 248 g/mol. The molecule has 0 amide bonds. The number of ether oxygens (including phenoxy) is 1. The first-order valence-electron chi connectivity index (χ1n) is 7.07. The van der Waals surface area contributed by atoms with E-state index in [1.54, 1.807) is 0 Å². The summed E-state index contributed by atoms with van der Waals surface area (Å²) < 4.78 is 5.48. The number of hydrogen-bond donors (Lipinski definition) is 1. The van der Waals surface area contributed by atoms with Crippen molar-refractivity contribution in [2.75, 3.05) is 6.61 Å². The first-order valence-corrected chi connectivity index (χ1v) is 7.07. The number of rotatable bonds is 5. The molecule has 1 atom stereocenters. The van der Waals surface area contributed by atoms with Gasteiger partial charge < -0.3 is 9.84 Å². The van der Waals surface area contributed by atoms with Crippen LogP contribution in [-0.4, -0.2) is 11.7 Å². The highest BCUT2D eigenvalue weighted by Gasteiger charge is 2.11. The molecule has 0 aromatic heterocycles. The van der Waals surface area contributed by atoms with Crippen LogP contribution in [0.4, 0.5) is 0 Å². The van der Waals surface area contributed by atoms with Crippen LogP contribution in [0, 0.1) is 13.8 Å². The zero-order chi connectivity index (χ0) is 14.5. The molecule has 0 aliphatic heterocycles. The largest absolute Gasteiger partial charge is 0.494 e. The molecule has 0 aliphatic rings. The minimum Gasteiger partial charge on any atom is -0.494 e. The van der Waals surface area contributed by atoms with Gasteiger partial charge in [-0.05, 0) is 49.6 Å². The summed E-state index contributed by atoms with van der Waals surface area (Å²) in [6, 6.07) is 14.0. The zero-order valence-electron chi connectivity index (χ0n) is 12.4. The van der Waals surface area contributed by atoms with Crippen LogP contribution >= 0.6 is 0 Å². The molecule has 2 heteroatoms. The van der Waals surface area contributed by atoms with Crippen molar-refractivity contribution in [2.24, 2.45) is 0 Å². The fraction of sp³-hybridized carbons (Fsp3) is 0.333. The molecular formula is C18H22O2. The van der Waals surface area contributed by atoms with Crippen molar-refractivity contribution < 1.29 is 9.84 Å². The fourth-order valence-electron chi connectivity index (χ4n) is 2.32. The molecule has 106 valence electrons. The molecule has 0 radical (unpaired) electrons. The Balaban J connectivity index is 2.17. The van der Waals surface area contributed by atoms with Crippen molar-refractivity contribution in [2.45, 2.75) is 33.3 Å². The smallest absolute Gasteiger partial charge is 0.119 e. The second kappa shape index (κ2) is 6.58. The summed E-state index contributed by atoms with van der Waals surface area (Å²) in [6.07, 6.45) is 0.124. The molecule has 0 spiro atoms. The molecule has 20 heavy (non-hydrogen) atoms. The highest BCUT2D eigenvalue weighted by molar-refractivity contribution is 5.34. The summed E-state index contributed by atoms with van der Waals surface area (Å²) in [4.78, 5) is 0. The van der Waals surface area contributed by atoms with Crippen LogP contribution in [-0.2, 0) is 6.42 Å². The predicted molar refractivity (Wildman–Crippen MR) is 82.2 cm³/mol. The maximum absolute atomic E-state index is 10.4. The first-order chi connectivity index (χ1) is 9.60.